The van der Waals surface area contributed by atoms with Crippen LogP contribution in [0.2, 0.25) is 0 Å². The molecule has 0 radical (unpaired) electrons. The van der Waals surface area contributed by atoms with E-state index in [4.69, 9.17) is 5.11 Å². The second kappa shape index (κ2) is 9.12. The summed E-state index contributed by atoms with van der Waals surface area (Å²) in [6.45, 7) is 0. The summed E-state index contributed by atoms with van der Waals surface area (Å²) in [7, 11) is 0. The maximum absolute atomic E-state index is 12.3. The van der Waals surface area contributed by atoms with Crippen LogP contribution in [0, 0.1) is 5.92 Å². The number of benzene rings is 1. The van der Waals surface area contributed by atoms with E-state index in [1.807, 2.05) is 30.3 Å². The summed E-state index contributed by atoms with van der Waals surface area (Å²) >= 11 is 0. The van der Waals surface area contributed by atoms with Crippen LogP contribution in [-0.2, 0) is 17.6 Å². The standard InChI is InChI=1S/C20H24N4O3/c25-19(26)9-8-16(10-14-4-2-1-3-5-14)23-20(27)24-17-12-21-18(22-13-17)11-15-6-7-15/h1-5,12-13,15-16H,6-11H2,(H,25,26)(H2,23,24,27). The monoisotopic (exact) mass is 368 g/mol. The minimum absolute atomic E-state index is 0.00322. The highest BCUT2D eigenvalue weighted by Gasteiger charge is 2.22. The number of carboxylic acid groups (broad SMARTS) is 1. The van der Waals surface area contributed by atoms with Crippen molar-refractivity contribution in [3.05, 3.63) is 54.1 Å². The summed E-state index contributed by atoms with van der Waals surface area (Å²) in [5.41, 5.74) is 1.56. The molecule has 27 heavy (non-hydrogen) atoms. The zero-order valence-corrected chi connectivity index (χ0v) is 15.1. The van der Waals surface area contributed by atoms with Crippen LogP contribution in [-0.4, -0.2) is 33.1 Å². The number of urea groups is 1. The Kier molecular flexibility index (Phi) is 6.35. The molecule has 0 aliphatic heterocycles. The number of aliphatic carboxylic acids is 1. The summed E-state index contributed by atoms with van der Waals surface area (Å²) < 4.78 is 0. The number of carbonyl (C=O) groups is 2. The van der Waals surface area contributed by atoms with Crippen molar-refractivity contribution in [3.63, 3.8) is 0 Å². The van der Waals surface area contributed by atoms with Crippen molar-refractivity contribution in [3.8, 4) is 0 Å². The van der Waals surface area contributed by atoms with E-state index in [9.17, 15) is 9.59 Å². The number of amides is 2. The highest BCUT2D eigenvalue weighted by atomic mass is 16.4. The van der Waals surface area contributed by atoms with E-state index in [0.717, 1.165) is 17.8 Å². The Morgan fingerprint density at radius 2 is 1.85 bits per heavy atom. The Balaban J connectivity index is 1.54. The average molecular weight is 368 g/mol. The van der Waals surface area contributed by atoms with E-state index in [1.165, 1.54) is 12.8 Å². The molecule has 3 N–H and O–H groups in total. The van der Waals surface area contributed by atoms with Gasteiger partial charge in [-0.25, -0.2) is 14.8 Å². The molecular formula is C20H24N4O3. The van der Waals surface area contributed by atoms with Gasteiger partial charge in [0.15, 0.2) is 0 Å². The second-order valence-corrected chi connectivity index (χ2v) is 6.95. The maximum atomic E-state index is 12.3. The van der Waals surface area contributed by atoms with Gasteiger partial charge < -0.3 is 15.7 Å². The number of carbonyl (C=O) groups excluding carboxylic acids is 1. The molecule has 1 aromatic heterocycles. The molecule has 0 bridgehead atoms. The van der Waals surface area contributed by atoms with E-state index in [1.54, 1.807) is 12.4 Å². The van der Waals surface area contributed by atoms with Crippen molar-refractivity contribution in [2.24, 2.45) is 5.92 Å². The molecule has 1 saturated carbocycles. The van der Waals surface area contributed by atoms with Crippen molar-refractivity contribution in [1.29, 1.82) is 0 Å². The fourth-order valence-corrected chi connectivity index (χ4v) is 2.88. The lowest BCUT2D eigenvalue weighted by atomic mass is 10.0. The number of anilines is 1. The lowest BCUT2D eigenvalue weighted by Crippen LogP contribution is -2.39. The number of hydrogen-bond acceptors (Lipinski definition) is 4. The SMILES string of the molecule is O=C(O)CCC(Cc1ccccc1)NC(=O)Nc1cnc(CC2CC2)nc1. The molecule has 1 aromatic carbocycles. The number of rotatable bonds is 9. The zero-order chi connectivity index (χ0) is 19.1. The first-order valence-corrected chi connectivity index (χ1v) is 9.22. The van der Waals surface area contributed by atoms with Gasteiger partial charge in [0.25, 0.3) is 0 Å². The number of aromatic nitrogens is 2. The van der Waals surface area contributed by atoms with Gasteiger partial charge in [-0.1, -0.05) is 30.3 Å². The quantitative estimate of drug-likeness (QED) is 0.631. The number of nitrogens with one attached hydrogen (secondary N) is 2. The van der Waals surface area contributed by atoms with Gasteiger partial charge in [-0.3, -0.25) is 4.79 Å². The number of nitrogens with zero attached hydrogens (tertiary/aromatic N) is 2. The summed E-state index contributed by atoms with van der Waals surface area (Å²) in [6.07, 6.45) is 7.50. The first kappa shape index (κ1) is 18.8. The Hall–Kier alpha value is -2.96. The van der Waals surface area contributed by atoms with Crippen LogP contribution in [0.25, 0.3) is 0 Å². The van der Waals surface area contributed by atoms with E-state index in [2.05, 4.69) is 20.6 Å². The molecule has 142 valence electrons. The minimum atomic E-state index is -0.880. The smallest absolute Gasteiger partial charge is 0.319 e. The molecule has 1 unspecified atom stereocenters. The molecule has 3 rings (SSSR count). The van der Waals surface area contributed by atoms with Gasteiger partial charge in [0, 0.05) is 18.9 Å². The summed E-state index contributed by atoms with van der Waals surface area (Å²) in [4.78, 5) is 31.8. The molecule has 1 heterocycles. The zero-order valence-electron chi connectivity index (χ0n) is 15.1. The number of carboxylic acids is 1. The third-order valence-corrected chi connectivity index (χ3v) is 4.50. The Morgan fingerprint density at radius 1 is 1.15 bits per heavy atom. The van der Waals surface area contributed by atoms with E-state index < -0.39 is 5.97 Å². The Labute approximate surface area is 158 Å². The third-order valence-electron chi connectivity index (χ3n) is 4.50. The molecule has 7 nitrogen and oxygen atoms in total. The Bertz CT molecular complexity index is 761. The normalized spacial score (nSPS) is 14.4. The third kappa shape index (κ3) is 6.69. The summed E-state index contributed by atoms with van der Waals surface area (Å²) in [5, 5.41) is 14.5. The van der Waals surface area contributed by atoms with Crippen LogP contribution in [0.15, 0.2) is 42.7 Å². The van der Waals surface area contributed by atoms with Crippen molar-refractivity contribution in [2.45, 2.75) is 44.6 Å². The van der Waals surface area contributed by atoms with Gasteiger partial charge >= 0.3 is 12.0 Å². The van der Waals surface area contributed by atoms with E-state index in [0.29, 0.717) is 24.4 Å². The highest BCUT2D eigenvalue weighted by Crippen LogP contribution is 2.31. The summed E-state index contributed by atoms with van der Waals surface area (Å²) in [5.74, 6) is 0.627. The van der Waals surface area contributed by atoms with Crippen LogP contribution < -0.4 is 10.6 Å². The van der Waals surface area contributed by atoms with Gasteiger partial charge in [-0.15, -0.1) is 0 Å². The number of hydrogen-bond donors (Lipinski definition) is 3. The maximum Gasteiger partial charge on any atom is 0.319 e. The van der Waals surface area contributed by atoms with Crippen LogP contribution >= 0.6 is 0 Å². The molecule has 1 aliphatic carbocycles. The molecule has 1 atom stereocenters. The van der Waals surface area contributed by atoms with Gasteiger partial charge in [0.05, 0.1) is 18.1 Å². The topological polar surface area (TPSA) is 104 Å². The van der Waals surface area contributed by atoms with E-state index in [-0.39, 0.29) is 18.5 Å². The predicted octanol–water partition coefficient (Wildman–Crippen LogP) is 3.03. The second-order valence-electron chi connectivity index (χ2n) is 6.95. The minimum Gasteiger partial charge on any atom is -0.481 e. The average Bonchev–Trinajstić information content (AvgIpc) is 3.46. The van der Waals surface area contributed by atoms with Crippen LogP contribution in [0.4, 0.5) is 10.5 Å². The fourth-order valence-electron chi connectivity index (χ4n) is 2.88. The molecule has 2 amide bonds. The fraction of sp³-hybridized carbons (Fsp3) is 0.400. The highest BCUT2D eigenvalue weighted by molar-refractivity contribution is 5.89. The molecule has 1 fully saturated rings. The summed E-state index contributed by atoms with van der Waals surface area (Å²) in [6, 6.07) is 9.01. The van der Waals surface area contributed by atoms with Crippen LogP contribution in [0.3, 0.4) is 0 Å². The van der Waals surface area contributed by atoms with Crippen molar-refractivity contribution in [2.75, 3.05) is 5.32 Å². The van der Waals surface area contributed by atoms with Gasteiger partial charge in [-0.2, -0.15) is 0 Å². The molecular weight excluding hydrogens is 344 g/mol. The first-order chi connectivity index (χ1) is 13.1. The largest absolute Gasteiger partial charge is 0.481 e. The molecule has 0 saturated heterocycles. The molecule has 0 spiro atoms. The van der Waals surface area contributed by atoms with Crippen LogP contribution in [0.5, 0.6) is 0 Å². The first-order valence-electron chi connectivity index (χ1n) is 9.22. The predicted molar refractivity (Wildman–Crippen MR) is 101 cm³/mol. The lowest BCUT2D eigenvalue weighted by Gasteiger charge is -2.18. The molecule has 2 aromatic rings. The Morgan fingerprint density at radius 3 is 2.48 bits per heavy atom. The van der Waals surface area contributed by atoms with Crippen LogP contribution in [0.1, 0.15) is 37.1 Å². The van der Waals surface area contributed by atoms with Gasteiger partial charge in [-0.05, 0) is 37.2 Å². The van der Waals surface area contributed by atoms with Gasteiger partial charge in [0.1, 0.15) is 5.82 Å². The van der Waals surface area contributed by atoms with Crippen molar-refractivity contribution >= 4 is 17.7 Å². The van der Waals surface area contributed by atoms with Crippen molar-refractivity contribution < 1.29 is 14.7 Å². The molecule has 7 heteroatoms. The van der Waals surface area contributed by atoms with Gasteiger partial charge in [0.2, 0.25) is 0 Å². The van der Waals surface area contributed by atoms with Crippen molar-refractivity contribution in [1.82, 2.24) is 15.3 Å². The molecule has 1 aliphatic rings. The lowest BCUT2D eigenvalue weighted by molar-refractivity contribution is -0.137. The van der Waals surface area contributed by atoms with E-state index >= 15 is 0 Å².